The number of ether oxygens (including phenoxy) is 1. The minimum atomic E-state index is -4.59. The normalized spacial score (nSPS) is 12.1. The van der Waals surface area contributed by atoms with Crippen LogP contribution in [0.25, 0.3) is 11.4 Å². The Bertz CT molecular complexity index is 746. The fourth-order valence-electron chi connectivity index (χ4n) is 2.00. The molecule has 1 amide bonds. The first kappa shape index (κ1) is 18.8. The number of amides is 1. The Morgan fingerprint density at radius 3 is 2.28 bits per heavy atom. The van der Waals surface area contributed by atoms with E-state index in [4.69, 9.17) is 4.74 Å². The molecule has 2 aromatic rings. The summed E-state index contributed by atoms with van der Waals surface area (Å²) in [5, 5.41) is 6.04. The molecular weight excluding hydrogens is 337 g/mol. The van der Waals surface area contributed by atoms with Gasteiger partial charge in [0.2, 0.25) is 0 Å². The summed E-state index contributed by atoms with van der Waals surface area (Å²) in [5.74, 6) is -1.08. The van der Waals surface area contributed by atoms with Crippen molar-refractivity contribution in [1.29, 1.82) is 0 Å². The van der Waals surface area contributed by atoms with Gasteiger partial charge in [-0.1, -0.05) is 24.3 Å². The van der Waals surface area contributed by atoms with Crippen LogP contribution in [0.2, 0.25) is 0 Å². The Kier molecular flexibility index (Phi) is 5.05. The Hall–Kier alpha value is -2.58. The van der Waals surface area contributed by atoms with Crippen LogP contribution in [0.4, 0.5) is 18.0 Å². The van der Waals surface area contributed by atoms with Gasteiger partial charge in [0.15, 0.2) is 5.82 Å². The maximum absolute atomic E-state index is 12.7. The van der Waals surface area contributed by atoms with E-state index in [-0.39, 0.29) is 12.4 Å². The Morgan fingerprint density at radius 2 is 1.80 bits per heavy atom. The van der Waals surface area contributed by atoms with Crippen molar-refractivity contribution in [2.45, 2.75) is 39.1 Å². The highest BCUT2D eigenvalue weighted by Gasteiger charge is 2.36. The average Bonchev–Trinajstić information content (AvgIpc) is 2.86. The molecule has 0 saturated carbocycles. The minimum absolute atomic E-state index is 0.0504. The summed E-state index contributed by atoms with van der Waals surface area (Å²) in [6.45, 7) is 5.55. The zero-order valence-electron chi connectivity index (χ0n) is 14.3. The lowest BCUT2D eigenvalue weighted by Crippen LogP contribution is -2.40. The number of aromatic nitrogens is 3. The molecule has 2 rings (SSSR count). The molecule has 0 spiro atoms. The van der Waals surface area contributed by atoms with Crippen LogP contribution >= 0.6 is 0 Å². The van der Waals surface area contributed by atoms with Crippen LogP contribution in [0, 0.1) is 0 Å². The number of hydrogen-bond acceptors (Lipinski definition) is 4. The van der Waals surface area contributed by atoms with E-state index in [0.29, 0.717) is 11.1 Å². The smallest absolute Gasteiger partial charge is 0.445 e. The zero-order valence-corrected chi connectivity index (χ0v) is 14.3. The van der Waals surface area contributed by atoms with E-state index < -0.39 is 23.6 Å². The van der Waals surface area contributed by atoms with E-state index in [9.17, 15) is 18.0 Å². The van der Waals surface area contributed by atoms with Crippen LogP contribution in [-0.2, 0) is 24.6 Å². The maximum atomic E-state index is 12.7. The highest BCUT2D eigenvalue weighted by atomic mass is 19.4. The predicted octanol–water partition coefficient (Wildman–Crippen LogP) is 3.53. The van der Waals surface area contributed by atoms with Crippen molar-refractivity contribution in [2.24, 2.45) is 7.05 Å². The zero-order chi connectivity index (χ0) is 18.8. The van der Waals surface area contributed by atoms with Crippen molar-refractivity contribution in [3.05, 3.63) is 35.7 Å². The molecule has 0 saturated heterocycles. The number of halogens is 3. The quantitative estimate of drug-likeness (QED) is 0.914. The molecule has 0 fully saturated rings. The van der Waals surface area contributed by atoms with Crippen molar-refractivity contribution < 1.29 is 22.7 Å². The second-order valence-electron chi connectivity index (χ2n) is 6.53. The van der Waals surface area contributed by atoms with Crippen LogP contribution < -0.4 is 5.32 Å². The molecule has 0 unspecified atom stereocenters. The summed E-state index contributed by atoms with van der Waals surface area (Å²) in [5.41, 5.74) is 0.780. The topological polar surface area (TPSA) is 69.0 Å². The number of rotatable bonds is 3. The van der Waals surface area contributed by atoms with Crippen molar-refractivity contribution in [3.63, 3.8) is 0 Å². The SMILES string of the molecule is Cn1nc(C(F)(F)F)nc1-c1ccc(COC(=O)NC(C)(C)C)cc1. The number of nitrogens with zero attached hydrogens (tertiary/aromatic N) is 3. The van der Waals surface area contributed by atoms with Gasteiger partial charge in [0.05, 0.1) is 0 Å². The van der Waals surface area contributed by atoms with Gasteiger partial charge in [0, 0.05) is 18.2 Å². The molecule has 136 valence electrons. The molecule has 0 aliphatic heterocycles. The van der Waals surface area contributed by atoms with Gasteiger partial charge < -0.3 is 10.1 Å². The van der Waals surface area contributed by atoms with Gasteiger partial charge in [-0.3, -0.25) is 0 Å². The van der Waals surface area contributed by atoms with Crippen molar-refractivity contribution in [3.8, 4) is 11.4 Å². The van der Waals surface area contributed by atoms with Crippen molar-refractivity contribution in [1.82, 2.24) is 20.1 Å². The van der Waals surface area contributed by atoms with E-state index >= 15 is 0 Å². The highest BCUT2D eigenvalue weighted by Crippen LogP contribution is 2.28. The van der Waals surface area contributed by atoms with E-state index in [1.54, 1.807) is 24.3 Å². The summed E-state index contributed by atoms with van der Waals surface area (Å²) < 4.78 is 44.2. The largest absolute Gasteiger partial charge is 0.453 e. The van der Waals surface area contributed by atoms with Crippen LogP contribution in [0.3, 0.4) is 0 Å². The van der Waals surface area contributed by atoms with Gasteiger partial charge in [-0.25, -0.2) is 14.5 Å². The van der Waals surface area contributed by atoms with Crippen molar-refractivity contribution >= 4 is 6.09 Å². The molecule has 1 heterocycles. The summed E-state index contributed by atoms with van der Waals surface area (Å²) in [6.07, 6.45) is -5.13. The van der Waals surface area contributed by atoms with E-state index in [1.165, 1.54) is 7.05 Å². The third-order valence-electron chi connectivity index (χ3n) is 3.08. The molecule has 1 N–H and O–H groups in total. The average molecular weight is 356 g/mol. The second-order valence-corrected chi connectivity index (χ2v) is 6.53. The second kappa shape index (κ2) is 6.73. The number of nitrogens with one attached hydrogen (secondary N) is 1. The molecule has 1 aromatic carbocycles. The maximum Gasteiger partial charge on any atom is 0.453 e. The number of benzene rings is 1. The Labute approximate surface area is 143 Å². The summed E-state index contributed by atoms with van der Waals surface area (Å²) >= 11 is 0. The number of hydrogen-bond donors (Lipinski definition) is 1. The van der Waals surface area contributed by atoms with E-state index in [0.717, 1.165) is 4.68 Å². The first-order valence-electron chi connectivity index (χ1n) is 7.48. The molecule has 0 aliphatic rings. The Morgan fingerprint density at radius 1 is 1.20 bits per heavy atom. The minimum Gasteiger partial charge on any atom is -0.445 e. The number of alkyl halides is 3. The lowest BCUT2D eigenvalue weighted by atomic mass is 10.1. The fourth-order valence-corrected chi connectivity index (χ4v) is 2.00. The molecule has 9 heteroatoms. The summed E-state index contributed by atoms with van der Waals surface area (Å²) in [7, 11) is 1.39. The Balaban J connectivity index is 2.05. The molecule has 0 aliphatic carbocycles. The van der Waals surface area contributed by atoms with Crippen LogP contribution in [0.1, 0.15) is 32.2 Å². The molecule has 0 atom stereocenters. The lowest BCUT2D eigenvalue weighted by Gasteiger charge is -2.19. The number of alkyl carbamates (subject to hydrolysis) is 1. The monoisotopic (exact) mass is 356 g/mol. The van der Waals surface area contributed by atoms with Gasteiger partial charge in [0.1, 0.15) is 6.61 Å². The third kappa shape index (κ3) is 5.20. The van der Waals surface area contributed by atoms with Crippen LogP contribution in [0.5, 0.6) is 0 Å². The fraction of sp³-hybridized carbons (Fsp3) is 0.438. The highest BCUT2D eigenvalue weighted by molar-refractivity contribution is 5.68. The molecule has 0 radical (unpaired) electrons. The van der Waals surface area contributed by atoms with E-state index in [1.807, 2.05) is 20.8 Å². The van der Waals surface area contributed by atoms with Crippen molar-refractivity contribution in [2.75, 3.05) is 0 Å². The van der Waals surface area contributed by atoms with Crippen LogP contribution in [0.15, 0.2) is 24.3 Å². The number of carbonyl (C=O) groups excluding carboxylic acids is 1. The number of carbonyl (C=O) groups is 1. The van der Waals surface area contributed by atoms with Gasteiger partial charge in [-0.05, 0) is 26.3 Å². The van der Waals surface area contributed by atoms with E-state index in [2.05, 4.69) is 15.4 Å². The lowest BCUT2D eigenvalue weighted by molar-refractivity contribution is -0.144. The third-order valence-corrected chi connectivity index (χ3v) is 3.08. The van der Waals surface area contributed by atoms with Crippen LogP contribution in [-0.4, -0.2) is 26.4 Å². The first-order chi connectivity index (χ1) is 11.5. The molecule has 6 nitrogen and oxygen atoms in total. The first-order valence-corrected chi connectivity index (χ1v) is 7.48. The summed E-state index contributed by atoms with van der Waals surface area (Å²) in [4.78, 5) is 15.1. The van der Waals surface area contributed by atoms with Gasteiger partial charge >= 0.3 is 12.3 Å². The van der Waals surface area contributed by atoms with Gasteiger partial charge in [-0.15, -0.1) is 5.10 Å². The standard InChI is InChI=1S/C16H19F3N4O2/c1-15(2,3)21-14(24)25-9-10-5-7-11(8-6-10)12-20-13(16(17,18)19)22-23(12)4/h5-8H,9H2,1-4H3,(H,21,24). The summed E-state index contributed by atoms with van der Waals surface area (Å²) in [6, 6.07) is 6.51. The molecule has 1 aromatic heterocycles. The molecular formula is C16H19F3N4O2. The van der Waals surface area contributed by atoms with Gasteiger partial charge in [0.25, 0.3) is 5.82 Å². The molecule has 0 bridgehead atoms. The van der Waals surface area contributed by atoms with Gasteiger partial charge in [-0.2, -0.15) is 13.2 Å². The number of aryl methyl sites for hydroxylation is 1. The predicted molar refractivity (Wildman–Crippen MR) is 84.5 cm³/mol. The molecule has 25 heavy (non-hydrogen) atoms.